The van der Waals surface area contributed by atoms with Crippen LogP contribution < -0.4 is 10.1 Å². The number of anilines is 1. The Hall–Kier alpha value is -2.77. The molecule has 1 aliphatic heterocycles. The van der Waals surface area contributed by atoms with Gasteiger partial charge in [0.15, 0.2) is 0 Å². The van der Waals surface area contributed by atoms with Gasteiger partial charge in [0, 0.05) is 25.4 Å². The summed E-state index contributed by atoms with van der Waals surface area (Å²) in [7, 11) is 0. The van der Waals surface area contributed by atoms with Crippen molar-refractivity contribution >= 4 is 11.7 Å². The van der Waals surface area contributed by atoms with Crippen molar-refractivity contribution in [1.29, 1.82) is 0 Å². The van der Waals surface area contributed by atoms with E-state index < -0.39 is 23.4 Å². The number of aromatic nitrogens is 2. The second kappa shape index (κ2) is 6.55. The van der Waals surface area contributed by atoms with E-state index in [4.69, 9.17) is 4.74 Å². The largest absolute Gasteiger partial charge is 0.458 e. The van der Waals surface area contributed by atoms with Gasteiger partial charge in [-0.25, -0.2) is 23.5 Å². The number of carbonyl (C=O) groups is 1. The maximum Gasteiger partial charge on any atom is 0.322 e. The number of rotatable bonds is 3. The minimum atomic E-state index is -0.817. The Balaban J connectivity index is 1.59. The van der Waals surface area contributed by atoms with Crippen molar-refractivity contribution in [2.75, 3.05) is 18.4 Å². The molecule has 1 saturated heterocycles. The molecule has 0 radical (unpaired) electrons. The van der Waals surface area contributed by atoms with E-state index in [2.05, 4.69) is 15.3 Å². The van der Waals surface area contributed by atoms with E-state index in [1.807, 2.05) is 0 Å². The molecule has 3 rings (SSSR count). The lowest BCUT2D eigenvalue weighted by Crippen LogP contribution is -2.35. The molecular formula is C15H14F2N4O2. The van der Waals surface area contributed by atoms with Gasteiger partial charge >= 0.3 is 12.0 Å². The first-order chi connectivity index (χ1) is 11.1. The molecule has 2 heterocycles. The SMILES string of the molecule is O=C(Nc1c(F)cccc1F)N1CC[C@H](Oc2ncccn2)C1. The Morgan fingerprint density at radius 1 is 1.22 bits per heavy atom. The second-order valence-electron chi connectivity index (χ2n) is 5.03. The highest BCUT2D eigenvalue weighted by Crippen LogP contribution is 2.20. The zero-order chi connectivity index (χ0) is 16.2. The number of hydrogen-bond donors (Lipinski definition) is 1. The smallest absolute Gasteiger partial charge is 0.322 e. The van der Waals surface area contributed by atoms with Crippen molar-refractivity contribution in [2.24, 2.45) is 0 Å². The molecule has 6 nitrogen and oxygen atoms in total. The molecule has 8 heteroatoms. The van der Waals surface area contributed by atoms with E-state index in [0.29, 0.717) is 19.5 Å². The van der Waals surface area contributed by atoms with Gasteiger partial charge in [-0.15, -0.1) is 0 Å². The fourth-order valence-corrected chi connectivity index (χ4v) is 2.31. The number of urea groups is 1. The van der Waals surface area contributed by atoms with E-state index >= 15 is 0 Å². The average molecular weight is 320 g/mol. The van der Waals surface area contributed by atoms with Crippen molar-refractivity contribution in [1.82, 2.24) is 14.9 Å². The number of ether oxygens (including phenoxy) is 1. The molecule has 120 valence electrons. The summed E-state index contributed by atoms with van der Waals surface area (Å²) >= 11 is 0. The third kappa shape index (κ3) is 3.53. The zero-order valence-electron chi connectivity index (χ0n) is 12.1. The zero-order valence-corrected chi connectivity index (χ0v) is 12.1. The predicted octanol–water partition coefficient (Wildman–Crippen LogP) is 2.44. The van der Waals surface area contributed by atoms with Gasteiger partial charge in [0.2, 0.25) is 0 Å². The van der Waals surface area contributed by atoms with Crippen LogP contribution in [0.3, 0.4) is 0 Å². The summed E-state index contributed by atoms with van der Waals surface area (Å²) in [6.45, 7) is 0.708. The normalized spacial score (nSPS) is 17.1. The van der Waals surface area contributed by atoms with Crippen LogP contribution in [0, 0.1) is 11.6 Å². The Morgan fingerprint density at radius 3 is 2.61 bits per heavy atom. The number of benzene rings is 1. The Kier molecular flexibility index (Phi) is 4.31. The first-order valence-electron chi connectivity index (χ1n) is 7.07. The number of halogens is 2. The molecule has 1 atom stereocenters. The van der Waals surface area contributed by atoms with Crippen LogP contribution in [0.2, 0.25) is 0 Å². The maximum atomic E-state index is 13.5. The molecule has 23 heavy (non-hydrogen) atoms. The van der Waals surface area contributed by atoms with Crippen LogP contribution in [0.25, 0.3) is 0 Å². The number of carbonyl (C=O) groups excluding carboxylic acids is 1. The molecule has 2 amide bonds. The van der Waals surface area contributed by atoms with Crippen molar-refractivity contribution < 1.29 is 18.3 Å². The summed E-state index contributed by atoms with van der Waals surface area (Å²) < 4.78 is 32.7. The number of para-hydroxylation sites is 1. The van der Waals surface area contributed by atoms with Gasteiger partial charge in [0.1, 0.15) is 23.4 Å². The van der Waals surface area contributed by atoms with E-state index in [1.165, 1.54) is 11.0 Å². The maximum absolute atomic E-state index is 13.5. The fourth-order valence-electron chi connectivity index (χ4n) is 2.31. The van der Waals surface area contributed by atoms with Crippen molar-refractivity contribution in [3.05, 3.63) is 48.3 Å². The van der Waals surface area contributed by atoms with E-state index in [1.54, 1.807) is 18.5 Å². The van der Waals surface area contributed by atoms with Gasteiger partial charge < -0.3 is 15.0 Å². The highest BCUT2D eigenvalue weighted by Gasteiger charge is 2.29. The van der Waals surface area contributed by atoms with Crippen LogP contribution >= 0.6 is 0 Å². The highest BCUT2D eigenvalue weighted by atomic mass is 19.1. The molecule has 2 aromatic rings. The Bertz CT molecular complexity index is 679. The van der Waals surface area contributed by atoms with Gasteiger partial charge in [0.25, 0.3) is 0 Å². The van der Waals surface area contributed by atoms with Crippen molar-refractivity contribution in [3.8, 4) is 6.01 Å². The lowest BCUT2D eigenvalue weighted by Gasteiger charge is -2.18. The third-order valence-corrected chi connectivity index (χ3v) is 3.44. The summed E-state index contributed by atoms with van der Waals surface area (Å²) in [6.07, 6.45) is 3.45. The molecule has 1 aromatic carbocycles. The van der Waals surface area contributed by atoms with Gasteiger partial charge in [0.05, 0.1) is 6.54 Å². The Morgan fingerprint density at radius 2 is 1.91 bits per heavy atom. The van der Waals surface area contributed by atoms with Crippen molar-refractivity contribution in [2.45, 2.75) is 12.5 Å². The predicted molar refractivity (Wildman–Crippen MR) is 78.0 cm³/mol. The molecule has 0 saturated carbocycles. The molecule has 1 fully saturated rings. The van der Waals surface area contributed by atoms with E-state index in [9.17, 15) is 13.6 Å². The molecule has 0 spiro atoms. The summed E-state index contributed by atoms with van der Waals surface area (Å²) in [4.78, 5) is 21.4. The minimum absolute atomic E-state index is 0.236. The summed E-state index contributed by atoms with van der Waals surface area (Å²) in [5, 5.41) is 2.26. The number of likely N-dealkylation sites (tertiary alicyclic amines) is 1. The van der Waals surface area contributed by atoms with Crippen LogP contribution in [0.15, 0.2) is 36.7 Å². The fraction of sp³-hybridized carbons (Fsp3) is 0.267. The molecule has 1 aliphatic rings. The first kappa shape index (κ1) is 15.1. The quantitative estimate of drug-likeness (QED) is 0.943. The van der Waals surface area contributed by atoms with Gasteiger partial charge in [-0.2, -0.15) is 0 Å². The lowest BCUT2D eigenvalue weighted by molar-refractivity contribution is 0.184. The number of amides is 2. The number of nitrogens with one attached hydrogen (secondary N) is 1. The van der Waals surface area contributed by atoms with Crippen LogP contribution in [-0.4, -0.2) is 40.1 Å². The van der Waals surface area contributed by atoms with Crippen LogP contribution in [0.5, 0.6) is 6.01 Å². The second-order valence-corrected chi connectivity index (χ2v) is 5.03. The van der Waals surface area contributed by atoms with Gasteiger partial charge in [-0.05, 0) is 18.2 Å². The number of nitrogens with zero attached hydrogens (tertiary/aromatic N) is 3. The molecule has 0 aliphatic carbocycles. The lowest BCUT2D eigenvalue weighted by atomic mass is 10.3. The van der Waals surface area contributed by atoms with Gasteiger partial charge in [-0.3, -0.25) is 0 Å². The average Bonchev–Trinajstić information content (AvgIpc) is 3.00. The summed E-state index contributed by atoms with van der Waals surface area (Å²) in [5.74, 6) is -1.63. The molecule has 1 N–H and O–H groups in total. The van der Waals surface area contributed by atoms with E-state index in [-0.39, 0.29) is 12.1 Å². The molecule has 0 unspecified atom stereocenters. The summed E-state index contributed by atoms with van der Waals surface area (Å²) in [5.41, 5.74) is -0.451. The standard InChI is InChI=1S/C15H14F2N4O2/c16-11-3-1-4-12(17)13(11)20-15(22)21-8-5-10(9-21)23-14-18-6-2-7-19-14/h1-4,6-7,10H,5,8-9H2,(H,20,22)/t10-/m0/s1. The Labute approximate surface area is 131 Å². The number of hydrogen-bond acceptors (Lipinski definition) is 4. The first-order valence-corrected chi connectivity index (χ1v) is 7.07. The topological polar surface area (TPSA) is 67.4 Å². The van der Waals surface area contributed by atoms with Crippen LogP contribution in [0.4, 0.5) is 19.3 Å². The molecule has 1 aromatic heterocycles. The van der Waals surface area contributed by atoms with Crippen LogP contribution in [0.1, 0.15) is 6.42 Å². The molecular weight excluding hydrogens is 306 g/mol. The van der Waals surface area contributed by atoms with E-state index in [0.717, 1.165) is 12.1 Å². The monoisotopic (exact) mass is 320 g/mol. The summed E-state index contributed by atoms with van der Waals surface area (Å²) in [6, 6.07) is 4.74. The third-order valence-electron chi connectivity index (χ3n) is 3.44. The van der Waals surface area contributed by atoms with Gasteiger partial charge in [-0.1, -0.05) is 6.07 Å². The highest BCUT2D eigenvalue weighted by molar-refractivity contribution is 5.89. The minimum Gasteiger partial charge on any atom is -0.458 e. The molecule has 0 bridgehead atoms. The van der Waals surface area contributed by atoms with Crippen molar-refractivity contribution in [3.63, 3.8) is 0 Å². The van der Waals surface area contributed by atoms with Crippen LogP contribution in [-0.2, 0) is 0 Å².